The monoisotopic (exact) mass is 257 g/mol. The lowest BCUT2D eigenvalue weighted by Gasteiger charge is -2.15. The summed E-state index contributed by atoms with van der Waals surface area (Å²) in [5.74, 6) is -1.32. The van der Waals surface area contributed by atoms with E-state index in [0.29, 0.717) is 5.92 Å². The van der Waals surface area contributed by atoms with Gasteiger partial charge in [-0.1, -0.05) is 13.0 Å². The summed E-state index contributed by atoms with van der Waals surface area (Å²) in [7, 11) is 0. The number of rotatable bonds is 7. The number of aliphatic hydroxyl groups is 1. The van der Waals surface area contributed by atoms with Gasteiger partial charge in [0.15, 0.2) is 11.6 Å². The van der Waals surface area contributed by atoms with E-state index in [4.69, 9.17) is 5.11 Å². The first-order valence-corrected chi connectivity index (χ1v) is 6.33. The van der Waals surface area contributed by atoms with Gasteiger partial charge < -0.3 is 10.4 Å². The lowest BCUT2D eigenvalue weighted by atomic mass is 10.1. The van der Waals surface area contributed by atoms with E-state index >= 15 is 0 Å². The average molecular weight is 257 g/mol. The van der Waals surface area contributed by atoms with Crippen LogP contribution in [0.3, 0.4) is 0 Å². The minimum absolute atomic E-state index is 0.00969. The summed E-state index contributed by atoms with van der Waals surface area (Å²) in [5.41, 5.74) is 0.740. The molecule has 0 bridgehead atoms. The van der Waals surface area contributed by atoms with E-state index in [2.05, 4.69) is 5.32 Å². The third kappa shape index (κ3) is 4.70. The molecule has 0 aliphatic carbocycles. The largest absolute Gasteiger partial charge is 0.396 e. The Morgan fingerprint density at radius 3 is 2.56 bits per heavy atom. The highest BCUT2D eigenvalue weighted by atomic mass is 19.2. The van der Waals surface area contributed by atoms with Crippen molar-refractivity contribution < 1.29 is 13.9 Å². The summed E-state index contributed by atoms with van der Waals surface area (Å²) >= 11 is 0. The molecule has 2 nitrogen and oxygen atoms in total. The Bertz CT molecular complexity index is 371. The Morgan fingerprint density at radius 2 is 1.94 bits per heavy atom. The third-order valence-electron chi connectivity index (χ3n) is 3.08. The van der Waals surface area contributed by atoms with Crippen molar-refractivity contribution in [3.8, 4) is 0 Å². The molecule has 0 aliphatic heterocycles. The molecule has 102 valence electrons. The molecule has 0 saturated heterocycles. The highest BCUT2D eigenvalue weighted by molar-refractivity contribution is 5.20. The van der Waals surface area contributed by atoms with Crippen LogP contribution in [0.2, 0.25) is 0 Å². The van der Waals surface area contributed by atoms with Gasteiger partial charge in [0.25, 0.3) is 0 Å². The van der Waals surface area contributed by atoms with Crippen molar-refractivity contribution in [2.75, 3.05) is 13.2 Å². The second-order valence-corrected chi connectivity index (χ2v) is 4.78. The van der Waals surface area contributed by atoms with Gasteiger partial charge in [-0.15, -0.1) is 0 Å². The first-order chi connectivity index (χ1) is 8.54. The van der Waals surface area contributed by atoms with Gasteiger partial charge in [-0.25, -0.2) is 8.78 Å². The van der Waals surface area contributed by atoms with Crippen LogP contribution in [0.5, 0.6) is 0 Å². The Hall–Kier alpha value is -1.00. The zero-order valence-electron chi connectivity index (χ0n) is 10.9. The summed E-state index contributed by atoms with van der Waals surface area (Å²) in [6, 6.07) is 3.96. The summed E-state index contributed by atoms with van der Waals surface area (Å²) in [5, 5.41) is 12.1. The van der Waals surface area contributed by atoms with Crippen molar-refractivity contribution in [3.63, 3.8) is 0 Å². The van der Waals surface area contributed by atoms with Crippen LogP contribution < -0.4 is 5.32 Å². The zero-order valence-corrected chi connectivity index (χ0v) is 10.9. The SMILES string of the molecule is CC(CO)CCCNC(C)c1ccc(F)c(F)c1. The van der Waals surface area contributed by atoms with Crippen LogP contribution in [0.25, 0.3) is 0 Å². The Balaban J connectivity index is 2.36. The van der Waals surface area contributed by atoms with Crippen LogP contribution in [0.1, 0.15) is 38.3 Å². The van der Waals surface area contributed by atoms with Gasteiger partial charge in [-0.2, -0.15) is 0 Å². The predicted molar refractivity (Wildman–Crippen MR) is 68.3 cm³/mol. The molecular formula is C14H21F2NO. The quantitative estimate of drug-likeness (QED) is 0.736. The molecule has 0 heterocycles. The van der Waals surface area contributed by atoms with Crippen molar-refractivity contribution >= 4 is 0 Å². The molecule has 0 spiro atoms. The van der Waals surface area contributed by atoms with Crippen LogP contribution >= 0.6 is 0 Å². The van der Waals surface area contributed by atoms with Gasteiger partial charge in [0.05, 0.1) is 0 Å². The Labute approximate surface area is 107 Å². The number of nitrogens with one attached hydrogen (secondary N) is 1. The van der Waals surface area contributed by atoms with E-state index in [1.54, 1.807) is 6.07 Å². The zero-order chi connectivity index (χ0) is 13.5. The maximum atomic E-state index is 13.0. The number of hydrogen-bond acceptors (Lipinski definition) is 2. The van der Waals surface area contributed by atoms with Crippen molar-refractivity contribution in [1.29, 1.82) is 0 Å². The number of hydrogen-bond donors (Lipinski definition) is 2. The molecule has 2 atom stereocenters. The summed E-state index contributed by atoms with van der Waals surface area (Å²) in [4.78, 5) is 0. The molecular weight excluding hydrogens is 236 g/mol. The fourth-order valence-corrected chi connectivity index (χ4v) is 1.76. The molecule has 1 aromatic rings. The van der Waals surface area contributed by atoms with Crippen LogP contribution in [-0.2, 0) is 0 Å². The molecule has 18 heavy (non-hydrogen) atoms. The first kappa shape index (κ1) is 15.1. The number of benzene rings is 1. The fraction of sp³-hybridized carbons (Fsp3) is 0.571. The minimum Gasteiger partial charge on any atom is -0.396 e. The van der Waals surface area contributed by atoms with Crippen LogP contribution in [-0.4, -0.2) is 18.3 Å². The normalized spacial score (nSPS) is 14.5. The second-order valence-electron chi connectivity index (χ2n) is 4.78. The molecule has 0 aliphatic rings. The lowest BCUT2D eigenvalue weighted by molar-refractivity contribution is 0.227. The Morgan fingerprint density at radius 1 is 1.22 bits per heavy atom. The van der Waals surface area contributed by atoms with Crippen LogP contribution in [0.15, 0.2) is 18.2 Å². The highest BCUT2D eigenvalue weighted by Crippen LogP contribution is 2.16. The summed E-state index contributed by atoms with van der Waals surface area (Å²) in [6.45, 7) is 4.92. The second kappa shape index (κ2) is 7.44. The van der Waals surface area contributed by atoms with Gasteiger partial charge in [0.1, 0.15) is 0 Å². The van der Waals surface area contributed by atoms with Gasteiger partial charge in [-0.05, 0) is 49.9 Å². The van der Waals surface area contributed by atoms with Crippen molar-refractivity contribution in [3.05, 3.63) is 35.4 Å². The first-order valence-electron chi connectivity index (χ1n) is 6.33. The van der Waals surface area contributed by atoms with Crippen LogP contribution in [0.4, 0.5) is 8.78 Å². The van der Waals surface area contributed by atoms with E-state index in [1.165, 1.54) is 6.07 Å². The molecule has 1 aromatic carbocycles. The van der Waals surface area contributed by atoms with E-state index in [-0.39, 0.29) is 12.6 Å². The van der Waals surface area contributed by atoms with Gasteiger partial charge in [0.2, 0.25) is 0 Å². The van der Waals surface area contributed by atoms with E-state index in [1.807, 2.05) is 13.8 Å². The van der Waals surface area contributed by atoms with Crippen molar-refractivity contribution in [1.82, 2.24) is 5.32 Å². The molecule has 1 rings (SSSR count). The van der Waals surface area contributed by atoms with Gasteiger partial charge in [-0.3, -0.25) is 0 Å². The molecule has 0 aromatic heterocycles. The summed E-state index contributed by atoms with van der Waals surface area (Å²) < 4.78 is 25.8. The molecule has 2 N–H and O–H groups in total. The summed E-state index contributed by atoms with van der Waals surface area (Å²) in [6.07, 6.45) is 1.91. The molecule has 2 unspecified atom stereocenters. The molecule has 0 radical (unpaired) electrons. The average Bonchev–Trinajstić information content (AvgIpc) is 2.37. The molecule has 4 heteroatoms. The molecule has 0 saturated carbocycles. The maximum absolute atomic E-state index is 13.0. The third-order valence-corrected chi connectivity index (χ3v) is 3.08. The van der Waals surface area contributed by atoms with Gasteiger partial charge in [0, 0.05) is 12.6 Å². The minimum atomic E-state index is -0.817. The van der Waals surface area contributed by atoms with Crippen LogP contribution in [0, 0.1) is 17.6 Å². The topological polar surface area (TPSA) is 32.3 Å². The van der Waals surface area contributed by atoms with E-state index < -0.39 is 11.6 Å². The highest BCUT2D eigenvalue weighted by Gasteiger charge is 2.08. The van der Waals surface area contributed by atoms with Crippen molar-refractivity contribution in [2.45, 2.75) is 32.7 Å². The maximum Gasteiger partial charge on any atom is 0.159 e. The smallest absolute Gasteiger partial charge is 0.159 e. The predicted octanol–water partition coefficient (Wildman–Crippen LogP) is 3.02. The number of aliphatic hydroxyl groups excluding tert-OH is 1. The van der Waals surface area contributed by atoms with E-state index in [9.17, 15) is 8.78 Å². The standard InChI is InChI=1S/C14H21F2NO/c1-10(9-18)4-3-7-17-11(2)12-5-6-13(15)14(16)8-12/h5-6,8,10-11,17-18H,3-4,7,9H2,1-2H3. The fourth-order valence-electron chi connectivity index (χ4n) is 1.76. The lowest BCUT2D eigenvalue weighted by Crippen LogP contribution is -2.20. The Kier molecular flexibility index (Phi) is 6.22. The molecule has 0 amide bonds. The van der Waals surface area contributed by atoms with Crippen molar-refractivity contribution in [2.24, 2.45) is 5.92 Å². The van der Waals surface area contributed by atoms with Gasteiger partial charge >= 0.3 is 0 Å². The number of halogens is 2. The van der Waals surface area contributed by atoms with E-state index in [0.717, 1.165) is 31.0 Å². The molecule has 0 fully saturated rings.